The summed E-state index contributed by atoms with van der Waals surface area (Å²) >= 11 is 0. The van der Waals surface area contributed by atoms with Gasteiger partial charge in [0, 0.05) is 36.9 Å². The molecule has 3 heterocycles. The SMILES string of the molecule is CCC[C@H](NC(=O)[C@@H]1C[C@@]2(CC(c3cc(F)cc(F)c3)=NO2)CN1C(=O)[C@@H](NC(=O)O[C@H]1CCOC1)C(C)(C)C)C(=O)C(=O)NC1CC1. The van der Waals surface area contributed by atoms with E-state index in [0.29, 0.717) is 19.4 Å². The van der Waals surface area contributed by atoms with E-state index in [4.69, 9.17) is 14.3 Å². The number of halogens is 2. The van der Waals surface area contributed by atoms with Crippen molar-refractivity contribution in [3.8, 4) is 0 Å². The molecule has 4 amide bonds. The summed E-state index contributed by atoms with van der Waals surface area (Å²) in [4.78, 5) is 74.1. The third-order valence-corrected chi connectivity index (χ3v) is 8.90. The lowest BCUT2D eigenvalue weighted by Crippen LogP contribution is -2.59. The van der Waals surface area contributed by atoms with Crippen molar-refractivity contribution in [3.05, 3.63) is 35.4 Å². The van der Waals surface area contributed by atoms with Crippen LogP contribution in [0.1, 0.15) is 78.2 Å². The fourth-order valence-electron chi connectivity index (χ4n) is 6.20. The van der Waals surface area contributed by atoms with E-state index >= 15 is 0 Å². The Bertz CT molecular complexity index is 1450. The average molecular weight is 676 g/mol. The van der Waals surface area contributed by atoms with Gasteiger partial charge in [-0.15, -0.1) is 0 Å². The topological polar surface area (TPSA) is 165 Å². The Morgan fingerprint density at radius 3 is 2.40 bits per heavy atom. The molecule has 5 atom stereocenters. The van der Waals surface area contributed by atoms with Crippen molar-refractivity contribution >= 4 is 35.3 Å². The van der Waals surface area contributed by atoms with E-state index in [1.807, 2.05) is 6.92 Å². The second kappa shape index (κ2) is 14.1. The number of benzene rings is 1. The highest BCUT2D eigenvalue weighted by Crippen LogP contribution is 2.40. The molecule has 48 heavy (non-hydrogen) atoms. The van der Waals surface area contributed by atoms with E-state index in [9.17, 15) is 32.8 Å². The number of nitrogens with one attached hydrogen (secondary N) is 3. The number of ketones is 1. The first-order chi connectivity index (χ1) is 22.7. The molecule has 0 aromatic heterocycles. The number of Topliss-reactive ketones (excluding diaryl/α,β-unsaturated/α-hetero) is 1. The molecule has 3 N–H and O–H groups in total. The van der Waals surface area contributed by atoms with Gasteiger partial charge >= 0.3 is 6.09 Å². The van der Waals surface area contributed by atoms with Gasteiger partial charge in [0.05, 0.1) is 31.5 Å². The van der Waals surface area contributed by atoms with E-state index in [1.54, 1.807) is 20.8 Å². The van der Waals surface area contributed by atoms with Crippen molar-refractivity contribution in [1.29, 1.82) is 0 Å². The fourth-order valence-corrected chi connectivity index (χ4v) is 6.20. The minimum absolute atomic E-state index is 0.0158. The Morgan fingerprint density at radius 2 is 1.79 bits per heavy atom. The standard InChI is InChI=1S/C33H43F2N5O8/c1-5-6-23(26(41)29(43)36-21-7-8-21)37-28(42)25-15-33(14-24(39-48-33)18-11-19(34)13-20(35)12-18)17-40(25)30(44)27(32(2,3)4)38-31(45)47-22-9-10-46-16-22/h11-13,21-23,25,27H,5-10,14-17H2,1-4H3,(H,36,43)(H,37,42)(H,38,45)/t22-,23-,25-,27+,33-/m0/s1. The van der Waals surface area contributed by atoms with E-state index in [-0.39, 0.29) is 49.7 Å². The summed E-state index contributed by atoms with van der Waals surface area (Å²) in [5.41, 5.74) is -1.73. The van der Waals surface area contributed by atoms with Crippen molar-refractivity contribution in [2.75, 3.05) is 19.8 Å². The zero-order chi connectivity index (χ0) is 34.8. The van der Waals surface area contributed by atoms with Crippen LogP contribution >= 0.6 is 0 Å². The third-order valence-electron chi connectivity index (χ3n) is 8.90. The largest absolute Gasteiger partial charge is 0.444 e. The van der Waals surface area contributed by atoms with E-state index in [1.165, 1.54) is 4.90 Å². The van der Waals surface area contributed by atoms with Crippen LogP contribution in [0.4, 0.5) is 13.6 Å². The maximum absolute atomic E-state index is 14.4. The van der Waals surface area contributed by atoms with Crippen molar-refractivity contribution < 1.29 is 47.1 Å². The fraction of sp³-hybridized carbons (Fsp3) is 0.636. The summed E-state index contributed by atoms with van der Waals surface area (Å²) in [5.74, 6) is -4.49. The maximum Gasteiger partial charge on any atom is 0.408 e. The van der Waals surface area contributed by atoms with E-state index < -0.39 is 76.5 Å². The number of carbonyl (C=O) groups is 5. The molecular weight excluding hydrogens is 632 g/mol. The molecule has 3 aliphatic heterocycles. The third kappa shape index (κ3) is 8.28. The lowest BCUT2D eigenvalue weighted by atomic mass is 9.85. The number of likely N-dealkylation sites (tertiary alicyclic amines) is 1. The summed E-state index contributed by atoms with van der Waals surface area (Å²) in [6.45, 7) is 7.57. The Labute approximate surface area is 277 Å². The normalized spacial score (nSPS) is 24.8. The highest BCUT2D eigenvalue weighted by molar-refractivity contribution is 6.38. The van der Waals surface area contributed by atoms with Gasteiger partial charge in [-0.3, -0.25) is 19.2 Å². The van der Waals surface area contributed by atoms with Crippen LogP contribution in [-0.2, 0) is 33.5 Å². The molecule has 0 bridgehead atoms. The van der Waals surface area contributed by atoms with Gasteiger partial charge in [0.25, 0.3) is 5.91 Å². The second-order valence-electron chi connectivity index (χ2n) is 14.1. The monoisotopic (exact) mass is 675 g/mol. The van der Waals surface area contributed by atoms with Gasteiger partial charge in [0.2, 0.25) is 17.6 Å². The molecule has 1 aromatic rings. The molecule has 1 aliphatic carbocycles. The molecule has 2 saturated heterocycles. The molecule has 0 radical (unpaired) electrons. The zero-order valence-electron chi connectivity index (χ0n) is 27.6. The molecule has 0 unspecified atom stereocenters. The Balaban J connectivity index is 1.39. The van der Waals surface area contributed by atoms with Gasteiger partial charge in [-0.2, -0.15) is 0 Å². The minimum Gasteiger partial charge on any atom is -0.444 e. The summed E-state index contributed by atoms with van der Waals surface area (Å²) in [6.07, 6.45) is 1.40. The molecule has 13 nitrogen and oxygen atoms in total. The number of nitrogens with zero attached hydrogens (tertiary/aromatic N) is 2. The van der Waals surface area contributed by atoms with Gasteiger partial charge in [-0.05, 0) is 36.8 Å². The predicted molar refractivity (Wildman–Crippen MR) is 167 cm³/mol. The number of alkyl carbamates (subject to hydrolysis) is 1. The van der Waals surface area contributed by atoms with Crippen LogP contribution in [0.5, 0.6) is 0 Å². The van der Waals surface area contributed by atoms with Crippen molar-refractivity contribution in [3.63, 3.8) is 0 Å². The van der Waals surface area contributed by atoms with Crippen molar-refractivity contribution in [2.24, 2.45) is 10.6 Å². The molecule has 3 fully saturated rings. The van der Waals surface area contributed by atoms with Gasteiger partial charge < -0.3 is 35.2 Å². The Morgan fingerprint density at radius 1 is 1.08 bits per heavy atom. The molecule has 15 heteroatoms. The van der Waals surface area contributed by atoms with Crippen LogP contribution in [0.15, 0.2) is 23.4 Å². The summed E-state index contributed by atoms with van der Waals surface area (Å²) < 4.78 is 38.8. The van der Waals surface area contributed by atoms with Crippen molar-refractivity contribution in [1.82, 2.24) is 20.9 Å². The Hall–Kier alpha value is -4.14. The van der Waals surface area contributed by atoms with Gasteiger partial charge in [0.15, 0.2) is 5.60 Å². The molecule has 5 rings (SSSR count). The summed E-state index contributed by atoms with van der Waals surface area (Å²) in [6, 6.07) is -0.607. The van der Waals surface area contributed by atoms with Crippen LogP contribution in [0.3, 0.4) is 0 Å². The van der Waals surface area contributed by atoms with Gasteiger partial charge in [-0.25, -0.2) is 13.6 Å². The van der Waals surface area contributed by atoms with Crippen molar-refractivity contribution in [2.45, 2.75) is 109 Å². The minimum atomic E-state index is -1.26. The number of ether oxygens (including phenoxy) is 2. The first-order valence-electron chi connectivity index (χ1n) is 16.4. The molecule has 262 valence electrons. The number of carbonyl (C=O) groups excluding carboxylic acids is 5. The smallest absolute Gasteiger partial charge is 0.408 e. The number of rotatable bonds is 11. The molecule has 1 aromatic carbocycles. The second-order valence-corrected chi connectivity index (χ2v) is 14.1. The molecule has 1 saturated carbocycles. The molecular formula is C33H43F2N5O8. The van der Waals surface area contributed by atoms with E-state index in [0.717, 1.165) is 31.0 Å². The predicted octanol–water partition coefficient (Wildman–Crippen LogP) is 2.49. The number of hydrogen-bond donors (Lipinski definition) is 3. The van der Waals surface area contributed by atoms with Crippen LogP contribution in [0, 0.1) is 17.0 Å². The van der Waals surface area contributed by atoms with Gasteiger partial charge in [0.1, 0.15) is 29.8 Å². The number of hydrogen-bond acceptors (Lipinski definition) is 9. The van der Waals surface area contributed by atoms with Crippen LogP contribution < -0.4 is 16.0 Å². The first kappa shape index (κ1) is 35.2. The summed E-state index contributed by atoms with van der Waals surface area (Å²) in [5, 5.41) is 12.1. The highest BCUT2D eigenvalue weighted by Gasteiger charge is 2.56. The quantitative estimate of drug-likeness (QED) is 0.301. The maximum atomic E-state index is 14.4. The Kier molecular flexibility index (Phi) is 10.4. The highest BCUT2D eigenvalue weighted by atomic mass is 19.1. The molecule has 1 spiro atoms. The molecule has 4 aliphatic rings. The summed E-state index contributed by atoms with van der Waals surface area (Å²) in [7, 11) is 0. The van der Waals surface area contributed by atoms with E-state index in [2.05, 4.69) is 21.1 Å². The lowest BCUT2D eigenvalue weighted by molar-refractivity contribution is -0.144. The van der Waals surface area contributed by atoms with Gasteiger partial charge in [-0.1, -0.05) is 39.3 Å². The zero-order valence-corrected chi connectivity index (χ0v) is 27.6. The first-order valence-corrected chi connectivity index (χ1v) is 16.4. The lowest BCUT2D eigenvalue weighted by Gasteiger charge is -2.35. The number of oxime groups is 1. The van der Waals surface area contributed by atoms with Crippen LogP contribution in [0.25, 0.3) is 0 Å². The average Bonchev–Trinajstić information content (AvgIpc) is 3.37. The van der Waals surface area contributed by atoms with Crippen LogP contribution in [-0.4, -0.2) is 95.8 Å². The number of amides is 4. The van der Waals surface area contributed by atoms with Crippen LogP contribution in [0.2, 0.25) is 0 Å².